The lowest BCUT2D eigenvalue weighted by Crippen LogP contribution is -2.38. The maximum atomic E-state index is 12.6. The molecule has 1 saturated heterocycles. The predicted molar refractivity (Wildman–Crippen MR) is 117 cm³/mol. The van der Waals surface area contributed by atoms with Crippen molar-refractivity contribution in [3.63, 3.8) is 0 Å². The Kier molecular flexibility index (Phi) is 6.35. The molecular weight excluding hydrogens is 396 g/mol. The Morgan fingerprint density at radius 3 is 2.39 bits per heavy atom. The number of nitrogens with zero attached hydrogens (tertiary/aromatic N) is 3. The molecule has 8 nitrogen and oxygen atoms in total. The second kappa shape index (κ2) is 9.51. The number of hydrogen-bond donors (Lipinski definition) is 1. The van der Waals surface area contributed by atoms with Gasteiger partial charge in [0.15, 0.2) is 0 Å². The Labute approximate surface area is 181 Å². The smallest absolute Gasteiger partial charge is 0.318 e. The van der Waals surface area contributed by atoms with Crippen molar-refractivity contribution in [2.24, 2.45) is 5.92 Å². The summed E-state index contributed by atoms with van der Waals surface area (Å²) in [5, 5.41) is 11.3. The molecule has 0 bridgehead atoms. The summed E-state index contributed by atoms with van der Waals surface area (Å²) in [6.45, 7) is 3.93. The number of aromatic nitrogens is 2. The molecule has 3 aromatic rings. The maximum Gasteiger partial charge on any atom is 0.318 e. The maximum absolute atomic E-state index is 12.6. The van der Waals surface area contributed by atoms with Crippen LogP contribution >= 0.6 is 0 Å². The van der Waals surface area contributed by atoms with Crippen molar-refractivity contribution in [2.75, 3.05) is 37.0 Å². The third-order valence-corrected chi connectivity index (χ3v) is 5.32. The average Bonchev–Trinajstić information content (AvgIpc) is 3.31. The molecule has 0 atom stereocenters. The summed E-state index contributed by atoms with van der Waals surface area (Å²) < 4.78 is 16.5. The lowest BCUT2D eigenvalue weighted by molar-refractivity contribution is -0.120. The number of methoxy groups -OCH3 is 1. The zero-order valence-electron chi connectivity index (χ0n) is 17.7. The van der Waals surface area contributed by atoms with Gasteiger partial charge in [-0.2, -0.15) is 0 Å². The zero-order valence-corrected chi connectivity index (χ0v) is 17.7. The molecule has 1 N–H and O–H groups in total. The highest BCUT2D eigenvalue weighted by molar-refractivity contribution is 5.92. The van der Waals surface area contributed by atoms with Crippen LogP contribution in [0.1, 0.15) is 19.8 Å². The van der Waals surface area contributed by atoms with Gasteiger partial charge in [-0.05, 0) is 68.3 Å². The first-order chi connectivity index (χ1) is 15.2. The van der Waals surface area contributed by atoms with Crippen molar-refractivity contribution in [1.29, 1.82) is 0 Å². The van der Waals surface area contributed by atoms with E-state index in [1.54, 1.807) is 7.11 Å². The molecule has 162 valence electrons. The van der Waals surface area contributed by atoms with Gasteiger partial charge in [-0.25, -0.2) is 0 Å². The Hall–Kier alpha value is -3.55. The van der Waals surface area contributed by atoms with Gasteiger partial charge in [-0.3, -0.25) is 4.79 Å². The first-order valence-electron chi connectivity index (χ1n) is 10.4. The minimum Gasteiger partial charge on any atom is -0.497 e. The molecule has 1 amide bonds. The SMILES string of the molecule is CCOc1ccc(NC(=O)C2CCN(c3nnc(-c4ccc(OC)cc4)o3)CC2)cc1. The van der Waals surface area contributed by atoms with Gasteiger partial charge in [-0.15, -0.1) is 5.10 Å². The summed E-state index contributed by atoms with van der Waals surface area (Å²) in [7, 11) is 1.63. The molecule has 1 aliphatic heterocycles. The molecule has 0 radical (unpaired) electrons. The van der Waals surface area contributed by atoms with E-state index in [-0.39, 0.29) is 11.8 Å². The van der Waals surface area contributed by atoms with Crippen LogP contribution in [-0.4, -0.2) is 42.9 Å². The van der Waals surface area contributed by atoms with E-state index >= 15 is 0 Å². The number of carbonyl (C=O) groups is 1. The summed E-state index contributed by atoms with van der Waals surface area (Å²) in [5.41, 5.74) is 1.61. The highest BCUT2D eigenvalue weighted by atomic mass is 16.5. The molecule has 1 aromatic heterocycles. The summed E-state index contributed by atoms with van der Waals surface area (Å²) >= 11 is 0. The number of hydrogen-bond acceptors (Lipinski definition) is 7. The van der Waals surface area contributed by atoms with Crippen LogP contribution in [0.2, 0.25) is 0 Å². The fourth-order valence-electron chi connectivity index (χ4n) is 3.57. The number of anilines is 2. The minimum atomic E-state index is -0.0493. The van der Waals surface area contributed by atoms with Gasteiger partial charge >= 0.3 is 6.01 Å². The Morgan fingerprint density at radius 1 is 1.06 bits per heavy atom. The number of amides is 1. The summed E-state index contributed by atoms with van der Waals surface area (Å²) in [4.78, 5) is 14.7. The van der Waals surface area contributed by atoms with E-state index in [0.29, 0.717) is 31.6 Å². The van der Waals surface area contributed by atoms with Gasteiger partial charge in [0, 0.05) is 30.3 Å². The molecule has 2 aromatic carbocycles. The minimum absolute atomic E-state index is 0.0354. The third kappa shape index (κ3) is 4.96. The van der Waals surface area contributed by atoms with E-state index in [0.717, 1.165) is 35.6 Å². The van der Waals surface area contributed by atoms with Gasteiger partial charge < -0.3 is 24.1 Å². The molecule has 0 spiro atoms. The zero-order chi connectivity index (χ0) is 21.6. The second-order valence-corrected chi connectivity index (χ2v) is 7.33. The number of rotatable bonds is 7. The van der Waals surface area contributed by atoms with Crippen LogP contribution in [0.5, 0.6) is 11.5 Å². The van der Waals surface area contributed by atoms with E-state index in [1.807, 2.05) is 60.4 Å². The highest BCUT2D eigenvalue weighted by Gasteiger charge is 2.27. The fraction of sp³-hybridized carbons (Fsp3) is 0.348. The van der Waals surface area contributed by atoms with Crippen LogP contribution in [0.4, 0.5) is 11.7 Å². The molecule has 2 heterocycles. The standard InChI is InChI=1S/C23H26N4O4/c1-3-30-20-10-6-18(7-11-20)24-21(28)16-12-14-27(15-13-16)23-26-25-22(31-23)17-4-8-19(29-2)9-5-17/h4-11,16H,3,12-15H2,1-2H3,(H,24,28). The normalized spacial score (nSPS) is 14.3. The van der Waals surface area contributed by atoms with E-state index in [2.05, 4.69) is 15.5 Å². The average molecular weight is 422 g/mol. The monoisotopic (exact) mass is 422 g/mol. The quantitative estimate of drug-likeness (QED) is 0.615. The molecular formula is C23H26N4O4. The van der Waals surface area contributed by atoms with E-state index in [4.69, 9.17) is 13.9 Å². The van der Waals surface area contributed by atoms with Gasteiger partial charge in [0.05, 0.1) is 13.7 Å². The fourth-order valence-corrected chi connectivity index (χ4v) is 3.57. The van der Waals surface area contributed by atoms with Crippen molar-refractivity contribution in [3.8, 4) is 23.0 Å². The largest absolute Gasteiger partial charge is 0.497 e. The van der Waals surface area contributed by atoms with Crippen molar-refractivity contribution < 1.29 is 18.7 Å². The van der Waals surface area contributed by atoms with Crippen molar-refractivity contribution >= 4 is 17.6 Å². The van der Waals surface area contributed by atoms with Crippen LogP contribution in [-0.2, 0) is 4.79 Å². The molecule has 1 fully saturated rings. The van der Waals surface area contributed by atoms with Crippen LogP contribution < -0.4 is 19.7 Å². The predicted octanol–water partition coefficient (Wildman–Crippen LogP) is 4.00. The van der Waals surface area contributed by atoms with Gasteiger partial charge in [0.2, 0.25) is 11.8 Å². The molecule has 0 saturated carbocycles. The highest BCUT2D eigenvalue weighted by Crippen LogP contribution is 2.27. The van der Waals surface area contributed by atoms with Crippen LogP contribution in [0.25, 0.3) is 11.5 Å². The Bertz CT molecular complexity index is 993. The lowest BCUT2D eigenvalue weighted by Gasteiger charge is -2.29. The van der Waals surface area contributed by atoms with Crippen molar-refractivity contribution in [3.05, 3.63) is 48.5 Å². The summed E-state index contributed by atoms with van der Waals surface area (Å²) in [5.74, 6) is 2.02. The third-order valence-electron chi connectivity index (χ3n) is 5.32. The number of ether oxygens (including phenoxy) is 2. The van der Waals surface area contributed by atoms with Crippen LogP contribution in [0, 0.1) is 5.92 Å². The van der Waals surface area contributed by atoms with Gasteiger partial charge in [-0.1, -0.05) is 5.10 Å². The number of carbonyl (C=O) groups excluding carboxylic acids is 1. The molecule has 0 unspecified atom stereocenters. The van der Waals surface area contributed by atoms with Gasteiger partial charge in [0.1, 0.15) is 11.5 Å². The van der Waals surface area contributed by atoms with E-state index < -0.39 is 0 Å². The molecule has 4 rings (SSSR count). The van der Waals surface area contributed by atoms with Gasteiger partial charge in [0.25, 0.3) is 0 Å². The van der Waals surface area contributed by atoms with E-state index in [1.165, 1.54) is 0 Å². The summed E-state index contributed by atoms with van der Waals surface area (Å²) in [6, 6.07) is 15.4. The molecule has 1 aliphatic rings. The first-order valence-corrected chi connectivity index (χ1v) is 10.4. The Morgan fingerprint density at radius 2 is 1.74 bits per heavy atom. The molecule has 0 aliphatic carbocycles. The summed E-state index contributed by atoms with van der Waals surface area (Å²) in [6.07, 6.45) is 1.45. The molecule has 31 heavy (non-hydrogen) atoms. The van der Waals surface area contributed by atoms with Crippen molar-refractivity contribution in [2.45, 2.75) is 19.8 Å². The van der Waals surface area contributed by atoms with Crippen LogP contribution in [0.3, 0.4) is 0 Å². The number of piperidine rings is 1. The topological polar surface area (TPSA) is 89.7 Å². The number of nitrogens with one attached hydrogen (secondary N) is 1. The first kappa shape index (κ1) is 20.7. The van der Waals surface area contributed by atoms with E-state index in [9.17, 15) is 4.79 Å². The van der Waals surface area contributed by atoms with Crippen molar-refractivity contribution in [1.82, 2.24) is 10.2 Å². The number of benzene rings is 2. The lowest BCUT2D eigenvalue weighted by atomic mass is 9.96. The Balaban J connectivity index is 1.31. The van der Waals surface area contributed by atoms with Crippen LogP contribution in [0.15, 0.2) is 52.9 Å². The second-order valence-electron chi connectivity index (χ2n) is 7.33. The molecule has 8 heteroatoms.